The molecule has 0 spiro atoms. The molecule has 3 atom stereocenters. The molecular formula is C15H24N2O4. The molecule has 6 heteroatoms. The highest BCUT2D eigenvalue weighted by atomic mass is 16.5. The second-order valence-electron chi connectivity index (χ2n) is 5.30. The van der Waals surface area contributed by atoms with Gasteiger partial charge in [0.2, 0.25) is 0 Å². The molecule has 0 aliphatic carbocycles. The number of likely N-dealkylation sites (tertiary alicyclic amines) is 1. The summed E-state index contributed by atoms with van der Waals surface area (Å²) in [6, 6.07) is 3.49. The van der Waals surface area contributed by atoms with Gasteiger partial charge in [0.15, 0.2) is 0 Å². The molecule has 1 aromatic carbocycles. The van der Waals surface area contributed by atoms with Crippen molar-refractivity contribution in [3.05, 3.63) is 17.7 Å². The number of aliphatic hydroxyl groups is 1. The molecule has 1 fully saturated rings. The molecule has 0 bridgehead atoms. The lowest BCUT2D eigenvalue weighted by atomic mass is 9.89. The molecule has 0 saturated carbocycles. The molecule has 6 nitrogen and oxygen atoms in total. The van der Waals surface area contributed by atoms with E-state index >= 15 is 0 Å². The van der Waals surface area contributed by atoms with Crippen molar-refractivity contribution >= 4 is 0 Å². The van der Waals surface area contributed by atoms with Crippen LogP contribution in [0.3, 0.4) is 0 Å². The first-order chi connectivity index (χ1) is 10.0. The normalized spacial score (nSPS) is 23.9. The van der Waals surface area contributed by atoms with Crippen LogP contribution in [0.25, 0.3) is 0 Å². The minimum absolute atomic E-state index is 0.0470. The number of nitrogens with two attached hydrogens (primary N) is 1. The van der Waals surface area contributed by atoms with Crippen molar-refractivity contribution in [3.8, 4) is 17.2 Å². The summed E-state index contributed by atoms with van der Waals surface area (Å²) in [5.74, 6) is 2.10. The second-order valence-corrected chi connectivity index (χ2v) is 5.30. The van der Waals surface area contributed by atoms with E-state index in [0.717, 1.165) is 18.5 Å². The zero-order chi connectivity index (χ0) is 15.6. The van der Waals surface area contributed by atoms with Crippen LogP contribution in [0, 0.1) is 0 Å². The van der Waals surface area contributed by atoms with E-state index in [-0.39, 0.29) is 12.0 Å². The second kappa shape index (κ2) is 6.51. The largest absolute Gasteiger partial charge is 0.496 e. The molecule has 1 heterocycles. The molecule has 3 unspecified atom stereocenters. The van der Waals surface area contributed by atoms with Gasteiger partial charge < -0.3 is 25.1 Å². The molecule has 1 aromatic rings. The summed E-state index contributed by atoms with van der Waals surface area (Å²) in [5.41, 5.74) is 6.69. The van der Waals surface area contributed by atoms with Gasteiger partial charge in [-0.2, -0.15) is 0 Å². The average molecular weight is 296 g/mol. The number of aliphatic hydroxyl groups excluding tert-OH is 1. The average Bonchev–Trinajstić information content (AvgIpc) is 2.87. The molecule has 21 heavy (non-hydrogen) atoms. The van der Waals surface area contributed by atoms with E-state index in [0.29, 0.717) is 17.2 Å². The van der Waals surface area contributed by atoms with Crippen molar-refractivity contribution in [2.45, 2.75) is 24.6 Å². The summed E-state index contributed by atoms with van der Waals surface area (Å²) < 4.78 is 16.3. The van der Waals surface area contributed by atoms with Crippen LogP contribution in [-0.2, 0) is 0 Å². The summed E-state index contributed by atoms with van der Waals surface area (Å²) in [6.45, 7) is 0.863. The van der Waals surface area contributed by atoms with Gasteiger partial charge in [0.1, 0.15) is 23.5 Å². The Kier molecular flexibility index (Phi) is 4.92. The lowest BCUT2D eigenvalue weighted by molar-refractivity contribution is 0.0827. The lowest BCUT2D eigenvalue weighted by Crippen LogP contribution is -2.44. The number of nitrogens with zero attached hydrogens (tertiary/aromatic N) is 1. The Labute approximate surface area is 125 Å². The predicted molar refractivity (Wildman–Crippen MR) is 80.1 cm³/mol. The number of likely N-dealkylation sites (N-methyl/N-ethyl adjacent to an activating group) is 1. The highest BCUT2D eigenvalue weighted by molar-refractivity contribution is 5.53. The molecule has 118 valence electrons. The Morgan fingerprint density at radius 3 is 2.19 bits per heavy atom. The van der Waals surface area contributed by atoms with Crippen LogP contribution in [0.5, 0.6) is 17.2 Å². The third-order valence-electron chi connectivity index (χ3n) is 4.19. The SMILES string of the molecule is COc1cc(OC)c(C2CCN(C)C2C(N)O)c(OC)c1. The standard InChI is InChI=1S/C15H24N2O4/c1-17-6-5-10(14(17)15(16)18)13-11(20-3)7-9(19-2)8-12(13)21-4/h7-8,10,14-15,18H,5-6,16H2,1-4H3. The minimum atomic E-state index is -0.918. The number of hydrogen-bond donors (Lipinski definition) is 2. The monoisotopic (exact) mass is 296 g/mol. The fraction of sp³-hybridized carbons (Fsp3) is 0.600. The topological polar surface area (TPSA) is 77.2 Å². The third-order valence-corrected chi connectivity index (χ3v) is 4.19. The number of rotatable bonds is 5. The molecule has 1 aliphatic rings. The van der Waals surface area contributed by atoms with Crippen molar-refractivity contribution in [1.29, 1.82) is 0 Å². The number of ether oxygens (including phenoxy) is 3. The Hall–Kier alpha value is -1.50. The molecular weight excluding hydrogens is 272 g/mol. The molecule has 1 saturated heterocycles. The van der Waals surface area contributed by atoms with Gasteiger partial charge in [0, 0.05) is 23.6 Å². The predicted octanol–water partition coefficient (Wildman–Crippen LogP) is 0.777. The van der Waals surface area contributed by atoms with Gasteiger partial charge >= 0.3 is 0 Å². The van der Waals surface area contributed by atoms with E-state index in [9.17, 15) is 5.11 Å². The summed E-state index contributed by atoms with van der Waals surface area (Å²) in [7, 11) is 6.79. The number of hydrogen-bond acceptors (Lipinski definition) is 6. The fourth-order valence-corrected chi connectivity index (χ4v) is 3.18. The maximum Gasteiger partial charge on any atom is 0.129 e. The first-order valence-corrected chi connectivity index (χ1v) is 6.97. The van der Waals surface area contributed by atoms with E-state index < -0.39 is 6.23 Å². The van der Waals surface area contributed by atoms with Gasteiger partial charge in [-0.25, -0.2) is 0 Å². The van der Waals surface area contributed by atoms with Gasteiger partial charge in [-0.05, 0) is 20.0 Å². The first-order valence-electron chi connectivity index (χ1n) is 6.97. The molecule has 2 rings (SSSR count). The van der Waals surface area contributed by atoms with Gasteiger partial charge in [0.05, 0.1) is 27.4 Å². The smallest absolute Gasteiger partial charge is 0.129 e. The minimum Gasteiger partial charge on any atom is -0.496 e. The van der Waals surface area contributed by atoms with Crippen molar-refractivity contribution in [2.24, 2.45) is 5.73 Å². The summed E-state index contributed by atoms with van der Waals surface area (Å²) in [4.78, 5) is 2.07. The summed E-state index contributed by atoms with van der Waals surface area (Å²) >= 11 is 0. The van der Waals surface area contributed by atoms with Crippen molar-refractivity contribution in [2.75, 3.05) is 34.9 Å². The zero-order valence-corrected chi connectivity index (χ0v) is 13.0. The number of benzene rings is 1. The lowest BCUT2D eigenvalue weighted by Gasteiger charge is -2.29. The van der Waals surface area contributed by atoms with E-state index in [1.165, 1.54) is 0 Å². The van der Waals surface area contributed by atoms with E-state index in [1.807, 2.05) is 19.2 Å². The Morgan fingerprint density at radius 1 is 1.19 bits per heavy atom. The van der Waals surface area contributed by atoms with Gasteiger partial charge in [-0.15, -0.1) is 0 Å². The van der Waals surface area contributed by atoms with Crippen LogP contribution in [0.2, 0.25) is 0 Å². The first kappa shape index (κ1) is 15.9. The van der Waals surface area contributed by atoms with Crippen LogP contribution in [0.15, 0.2) is 12.1 Å². The van der Waals surface area contributed by atoms with Crippen molar-refractivity contribution in [3.63, 3.8) is 0 Å². The molecule has 0 aromatic heterocycles. The molecule has 0 amide bonds. The highest BCUT2D eigenvalue weighted by Crippen LogP contribution is 2.45. The van der Waals surface area contributed by atoms with Crippen LogP contribution in [0.1, 0.15) is 17.9 Å². The Balaban J connectivity index is 2.51. The summed E-state index contributed by atoms with van der Waals surface area (Å²) in [5, 5.41) is 9.91. The van der Waals surface area contributed by atoms with Gasteiger partial charge in [0.25, 0.3) is 0 Å². The third kappa shape index (κ3) is 2.92. The highest BCUT2D eigenvalue weighted by Gasteiger charge is 2.39. The summed E-state index contributed by atoms with van der Waals surface area (Å²) in [6.07, 6.45) is -0.0342. The Morgan fingerprint density at radius 2 is 1.76 bits per heavy atom. The maximum absolute atomic E-state index is 9.91. The van der Waals surface area contributed by atoms with Crippen LogP contribution in [0.4, 0.5) is 0 Å². The Bertz CT molecular complexity index is 468. The van der Waals surface area contributed by atoms with Crippen molar-refractivity contribution < 1.29 is 19.3 Å². The van der Waals surface area contributed by atoms with Crippen LogP contribution in [-0.4, -0.2) is 57.2 Å². The van der Waals surface area contributed by atoms with Gasteiger partial charge in [-0.3, -0.25) is 4.90 Å². The van der Waals surface area contributed by atoms with Crippen molar-refractivity contribution in [1.82, 2.24) is 4.90 Å². The van der Waals surface area contributed by atoms with Crippen LogP contribution >= 0.6 is 0 Å². The molecule has 1 aliphatic heterocycles. The maximum atomic E-state index is 9.91. The van der Waals surface area contributed by atoms with E-state index in [1.54, 1.807) is 21.3 Å². The van der Waals surface area contributed by atoms with Crippen LogP contribution < -0.4 is 19.9 Å². The zero-order valence-electron chi connectivity index (χ0n) is 13.0. The van der Waals surface area contributed by atoms with Gasteiger partial charge in [-0.1, -0.05) is 0 Å². The molecule has 3 N–H and O–H groups in total. The van der Waals surface area contributed by atoms with E-state index in [4.69, 9.17) is 19.9 Å². The number of methoxy groups -OCH3 is 3. The quantitative estimate of drug-likeness (QED) is 0.782. The molecule has 0 radical (unpaired) electrons. The van der Waals surface area contributed by atoms with E-state index in [2.05, 4.69) is 4.90 Å². The fourth-order valence-electron chi connectivity index (χ4n) is 3.18.